The third-order valence-corrected chi connectivity index (χ3v) is 6.05. The van der Waals surface area contributed by atoms with Crippen molar-refractivity contribution < 1.29 is 9.53 Å². The molecule has 2 aromatic rings. The number of likely N-dealkylation sites (N-methyl/N-ethyl adjacent to an activating group) is 1. The summed E-state index contributed by atoms with van der Waals surface area (Å²) in [5.74, 6) is 0.499. The largest absolute Gasteiger partial charge is 0.424 e. The molecule has 1 unspecified atom stereocenters. The molecule has 1 aliphatic rings. The van der Waals surface area contributed by atoms with Gasteiger partial charge in [0.1, 0.15) is 0 Å². The van der Waals surface area contributed by atoms with Gasteiger partial charge in [-0.1, -0.05) is 6.42 Å². The van der Waals surface area contributed by atoms with Gasteiger partial charge in [0.2, 0.25) is 0 Å². The number of aromatic nitrogens is 1. The predicted molar refractivity (Wildman–Crippen MR) is 113 cm³/mol. The molecule has 0 fully saturated rings. The second-order valence-corrected chi connectivity index (χ2v) is 8.48. The average molecular weight is 391 g/mol. The number of anilines is 1. The van der Waals surface area contributed by atoms with Crippen molar-refractivity contribution in [1.29, 1.82) is 0 Å². The Kier molecular flexibility index (Phi) is 7.04. The van der Waals surface area contributed by atoms with Gasteiger partial charge in [0.15, 0.2) is 5.75 Å². The predicted octanol–water partition coefficient (Wildman–Crippen LogP) is 3.53. The molecule has 0 amide bonds. The molecule has 6 nitrogen and oxygen atoms in total. The zero-order chi connectivity index (χ0) is 19.2. The van der Waals surface area contributed by atoms with Crippen molar-refractivity contribution in [3.05, 3.63) is 23.9 Å². The first-order valence-electron chi connectivity index (χ1n) is 9.68. The highest BCUT2D eigenvalue weighted by Crippen LogP contribution is 2.40. The van der Waals surface area contributed by atoms with Crippen molar-refractivity contribution in [2.24, 2.45) is 5.73 Å². The molecule has 148 valence electrons. The third kappa shape index (κ3) is 5.18. The van der Waals surface area contributed by atoms with Gasteiger partial charge >= 0.3 is 5.97 Å². The molecule has 0 saturated heterocycles. The molecule has 1 atom stereocenters. The summed E-state index contributed by atoms with van der Waals surface area (Å²) in [6, 6.07) is 4.04. The fourth-order valence-electron chi connectivity index (χ4n) is 3.36. The van der Waals surface area contributed by atoms with Gasteiger partial charge in [0, 0.05) is 35.3 Å². The van der Waals surface area contributed by atoms with E-state index in [2.05, 4.69) is 34.8 Å². The number of esters is 1. The number of nitrogens with one attached hydrogen (secondary N) is 2. The standard InChI is InChI=1S/C20H30N4O2S/c1-24(2)12-10-14-13-22-16-7-8-17-20(19(14)16)26-18(25)9-6-15(27-23-17)5-3-4-11-21/h7-8,13,15,22-23H,3-6,9-12,21H2,1-2H3. The quantitative estimate of drug-likeness (QED) is 0.290. The van der Waals surface area contributed by atoms with Crippen LogP contribution in [0.3, 0.4) is 0 Å². The summed E-state index contributed by atoms with van der Waals surface area (Å²) >= 11 is 1.70. The van der Waals surface area contributed by atoms with Gasteiger partial charge in [0.05, 0.1) is 5.69 Å². The smallest absolute Gasteiger partial charge is 0.311 e. The highest BCUT2D eigenvalue weighted by molar-refractivity contribution is 8.01. The van der Waals surface area contributed by atoms with Crippen molar-refractivity contribution in [3.8, 4) is 5.75 Å². The SMILES string of the molecule is CN(C)CCc1c[nH]c2ccc3c(c12)OC(=O)CCC(CCCCN)SN3. The van der Waals surface area contributed by atoms with Gasteiger partial charge < -0.3 is 25.1 Å². The van der Waals surface area contributed by atoms with E-state index < -0.39 is 0 Å². The molecule has 0 radical (unpaired) electrons. The maximum atomic E-state index is 12.5. The number of hydrogen-bond donors (Lipinski definition) is 3. The lowest BCUT2D eigenvalue weighted by molar-refractivity contribution is -0.134. The number of nitrogens with zero attached hydrogens (tertiary/aromatic N) is 1. The van der Waals surface area contributed by atoms with Crippen LogP contribution in [-0.2, 0) is 11.2 Å². The number of nitrogens with two attached hydrogens (primary N) is 1. The van der Waals surface area contributed by atoms with Gasteiger partial charge in [-0.15, -0.1) is 0 Å². The minimum absolute atomic E-state index is 0.156. The number of carbonyl (C=O) groups excluding carboxylic acids is 1. The first kappa shape index (κ1) is 20.0. The van der Waals surface area contributed by atoms with E-state index in [9.17, 15) is 4.79 Å². The molecule has 1 aromatic carbocycles. The molecular weight excluding hydrogens is 360 g/mol. The van der Waals surface area contributed by atoms with Gasteiger partial charge in [-0.3, -0.25) is 4.79 Å². The maximum absolute atomic E-state index is 12.5. The van der Waals surface area contributed by atoms with Gasteiger partial charge in [-0.05, 0) is 76.0 Å². The van der Waals surface area contributed by atoms with Gasteiger partial charge in [-0.25, -0.2) is 0 Å². The van der Waals surface area contributed by atoms with Crippen LogP contribution < -0.4 is 15.2 Å². The van der Waals surface area contributed by atoms with E-state index in [4.69, 9.17) is 10.5 Å². The Morgan fingerprint density at radius 3 is 2.96 bits per heavy atom. The number of carbonyl (C=O) groups is 1. The normalized spacial score (nSPS) is 17.8. The Labute approximate surface area is 165 Å². The van der Waals surface area contributed by atoms with E-state index in [0.717, 1.165) is 61.8 Å². The van der Waals surface area contributed by atoms with Crippen molar-refractivity contribution >= 4 is 34.5 Å². The van der Waals surface area contributed by atoms with Crippen LogP contribution in [0, 0.1) is 0 Å². The minimum Gasteiger partial charge on any atom is -0.424 e. The first-order valence-corrected chi connectivity index (χ1v) is 10.6. The molecule has 0 bridgehead atoms. The maximum Gasteiger partial charge on any atom is 0.311 e. The van der Waals surface area contributed by atoms with E-state index >= 15 is 0 Å². The van der Waals surface area contributed by atoms with Crippen molar-refractivity contribution in [2.75, 3.05) is 31.9 Å². The van der Waals surface area contributed by atoms with Gasteiger partial charge in [0.25, 0.3) is 0 Å². The molecule has 0 aliphatic carbocycles. The Morgan fingerprint density at radius 2 is 2.19 bits per heavy atom. The summed E-state index contributed by atoms with van der Waals surface area (Å²) in [6.45, 7) is 1.66. The number of rotatable bonds is 7. The summed E-state index contributed by atoms with van der Waals surface area (Å²) in [5, 5.41) is 1.39. The zero-order valence-corrected chi connectivity index (χ0v) is 17.0. The van der Waals surface area contributed by atoms with Crippen molar-refractivity contribution in [1.82, 2.24) is 9.88 Å². The molecule has 1 aliphatic heterocycles. The van der Waals surface area contributed by atoms with Crippen LogP contribution in [0.1, 0.15) is 37.7 Å². The highest BCUT2D eigenvalue weighted by atomic mass is 32.2. The van der Waals surface area contributed by atoms with E-state index in [-0.39, 0.29) is 5.97 Å². The molecule has 0 saturated carbocycles. The average Bonchev–Trinajstić information content (AvgIpc) is 3.08. The fourth-order valence-corrected chi connectivity index (χ4v) is 4.33. The van der Waals surface area contributed by atoms with Crippen LogP contribution in [0.4, 0.5) is 5.69 Å². The molecule has 1 aromatic heterocycles. The van der Waals surface area contributed by atoms with Crippen molar-refractivity contribution in [3.63, 3.8) is 0 Å². The van der Waals surface area contributed by atoms with E-state index in [1.54, 1.807) is 11.9 Å². The Hall–Kier alpha value is -1.70. The van der Waals surface area contributed by atoms with Crippen LogP contribution in [0.2, 0.25) is 0 Å². The van der Waals surface area contributed by atoms with Gasteiger partial charge in [-0.2, -0.15) is 0 Å². The molecular formula is C20H30N4O2S. The van der Waals surface area contributed by atoms with Crippen LogP contribution in [0.5, 0.6) is 5.75 Å². The molecule has 7 heteroatoms. The third-order valence-electron chi connectivity index (χ3n) is 4.91. The molecule has 3 rings (SSSR count). The summed E-state index contributed by atoms with van der Waals surface area (Å²) < 4.78 is 9.30. The lowest BCUT2D eigenvalue weighted by Crippen LogP contribution is -2.15. The van der Waals surface area contributed by atoms with Crippen LogP contribution >= 0.6 is 11.9 Å². The Bertz CT molecular complexity index is 775. The Balaban J connectivity index is 1.87. The topological polar surface area (TPSA) is 83.4 Å². The number of benzene rings is 1. The number of ether oxygens (including phenoxy) is 1. The van der Waals surface area contributed by atoms with E-state index in [1.165, 1.54) is 5.56 Å². The first-order chi connectivity index (χ1) is 13.1. The number of fused-ring (bicyclic) bond motifs is 3. The minimum atomic E-state index is -0.156. The van der Waals surface area contributed by atoms with Crippen molar-refractivity contribution in [2.45, 2.75) is 43.8 Å². The number of H-pyrrole nitrogens is 1. The second kappa shape index (κ2) is 9.48. The number of unbranched alkanes of at least 4 members (excludes halogenated alkanes) is 1. The van der Waals surface area contributed by atoms with Crippen LogP contribution in [0.25, 0.3) is 10.9 Å². The zero-order valence-electron chi connectivity index (χ0n) is 16.2. The van der Waals surface area contributed by atoms with Crippen LogP contribution in [0.15, 0.2) is 18.3 Å². The summed E-state index contributed by atoms with van der Waals surface area (Å²) in [4.78, 5) is 17.9. The molecule has 2 heterocycles. The number of aromatic amines is 1. The van der Waals surface area contributed by atoms with Crippen LogP contribution in [-0.4, -0.2) is 48.3 Å². The molecule has 27 heavy (non-hydrogen) atoms. The summed E-state index contributed by atoms with van der Waals surface area (Å²) in [6.07, 6.45) is 7.35. The monoisotopic (exact) mass is 390 g/mol. The lowest BCUT2D eigenvalue weighted by atomic mass is 10.1. The molecule has 0 spiro atoms. The van der Waals surface area contributed by atoms with E-state index in [1.807, 2.05) is 12.3 Å². The summed E-state index contributed by atoms with van der Waals surface area (Å²) in [7, 11) is 4.12. The molecule has 4 N–H and O–H groups in total. The summed E-state index contributed by atoms with van der Waals surface area (Å²) in [5.41, 5.74) is 8.66. The number of hydrogen-bond acceptors (Lipinski definition) is 6. The Morgan fingerprint density at radius 1 is 1.33 bits per heavy atom. The second-order valence-electron chi connectivity index (χ2n) is 7.37. The lowest BCUT2D eigenvalue weighted by Gasteiger charge is -2.16. The fraction of sp³-hybridized carbons (Fsp3) is 0.550. The van der Waals surface area contributed by atoms with E-state index in [0.29, 0.717) is 17.4 Å². The highest BCUT2D eigenvalue weighted by Gasteiger charge is 2.22.